The van der Waals surface area contributed by atoms with Crippen LogP contribution in [0.15, 0.2) is 0 Å². The topological polar surface area (TPSA) is 0 Å². The summed E-state index contributed by atoms with van der Waals surface area (Å²) in [6, 6.07) is 0. The van der Waals surface area contributed by atoms with Crippen molar-refractivity contribution in [3.8, 4) is 0 Å². The van der Waals surface area contributed by atoms with E-state index in [1.54, 1.807) is 0 Å². The van der Waals surface area contributed by atoms with E-state index in [9.17, 15) is 0 Å². The fraction of sp³-hybridized carbons (Fsp3) is 1.00. The molecule has 1 fully saturated rings. The lowest BCUT2D eigenvalue weighted by Crippen LogP contribution is -2.45. The molecule has 10 heavy (non-hydrogen) atoms. The van der Waals surface area contributed by atoms with Crippen molar-refractivity contribution in [2.24, 2.45) is 5.92 Å². The third-order valence-electron chi connectivity index (χ3n) is 3.14. The third-order valence-corrected chi connectivity index (χ3v) is 3.14. The molecule has 1 nitrogen and oxygen atoms in total. The normalized spacial score (nSPS) is 30.9. The van der Waals surface area contributed by atoms with Gasteiger partial charge < -0.3 is 4.48 Å². The molecule has 1 heterocycles. The summed E-state index contributed by atoms with van der Waals surface area (Å²) in [6.07, 6.45) is 1.45. The summed E-state index contributed by atoms with van der Waals surface area (Å²) in [5.74, 6) is 0.972. The second-order valence-electron chi connectivity index (χ2n) is 3.77. The monoisotopic (exact) mass is 142 g/mol. The Morgan fingerprint density at radius 2 is 1.90 bits per heavy atom. The van der Waals surface area contributed by atoms with Gasteiger partial charge in [0.15, 0.2) is 0 Å². The summed E-state index contributed by atoms with van der Waals surface area (Å²) in [4.78, 5) is 0. The highest BCUT2D eigenvalue weighted by Gasteiger charge is 2.32. The molecule has 0 N–H and O–H groups in total. The number of hydrogen-bond acceptors (Lipinski definition) is 0. The van der Waals surface area contributed by atoms with Gasteiger partial charge >= 0.3 is 0 Å². The zero-order chi connectivity index (χ0) is 7.61. The van der Waals surface area contributed by atoms with Crippen molar-refractivity contribution >= 4 is 0 Å². The van der Waals surface area contributed by atoms with E-state index < -0.39 is 0 Å². The first-order valence-electron chi connectivity index (χ1n) is 4.57. The number of likely N-dealkylation sites (tertiary alicyclic amines) is 1. The van der Waals surface area contributed by atoms with E-state index in [-0.39, 0.29) is 0 Å². The standard InChI is InChI=1S/C9H20N/c1-4-10(5-2)7-6-9(3)8-10/h9H,4-8H2,1-3H3/q+1. The van der Waals surface area contributed by atoms with Crippen LogP contribution in [-0.4, -0.2) is 30.7 Å². The summed E-state index contributed by atoms with van der Waals surface area (Å²) in [5, 5.41) is 0. The van der Waals surface area contributed by atoms with Crippen molar-refractivity contribution in [1.29, 1.82) is 0 Å². The van der Waals surface area contributed by atoms with E-state index >= 15 is 0 Å². The minimum absolute atomic E-state index is 0.972. The summed E-state index contributed by atoms with van der Waals surface area (Å²) >= 11 is 0. The van der Waals surface area contributed by atoms with Crippen molar-refractivity contribution in [2.45, 2.75) is 27.2 Å². The van der Waals surface area contributed by atoms with E-state index in [1.165, 1.54) is 37.1 Å². The zero-order valence-corrected chi connectivity index (χ0v) is 7.56. The molecule has 1 unspecified atom stereocenters. The summed E-state index contributed by atoms with van der Waals surface area (Å²) in [7, 11) is 0. The lowest BCUT2D eigenvalue weighted by molar-refractivity contribution is -0.914. The molecular formula is C9H20N+. The maximum absolute atomic E-state index is 2.38. The first-order chi connectivity index (χ1) is 4.72. The molecule has 0 aromatic rings. The Morgan fingerprint density at radius 1 is 1.30 bits per heavy atom. The lowest BCUT2D eigenvalue weighted by atomic mass is 10.2. The minimum Gasteiger partial charge on any atom is -0.324 e. The largest absolute Gasteiger partial charge is 0.324 e. The minimum atomic E-state index is 0.972. The van der Waals surface area contributed by atoms with Gasteiger partial charge in [-0.25, -0.2) is 0 Å². The average molecular weight is 142 g/mol. The molecule has 0 aromatic heterocycles. The fourth-order valence-electron chi connectivity index (χ4n) is 2.14. The molecule has 1 atom stereocenters. The smallest absolute Gasteiger partial charge is 0.0814 e. The van der Waals surface area contributed by atoms with Crippen LogP contribution in [0, 0.1) is 5.92 Å². The van der Waals surface area contributed by atoms with Crippen molar-refractivity contribution in [3.63, 3.8) is 0 Å². The SMILES string of the molecule is CC[N+]1(CC)CCC(C)C1. The molecule has 0 amide bonds. The first kappa shape index (κ1) is 8.06. The average Bonchev–Trinajstić information content (AvgIpc) is 2.33. The third kappa shape index (κ3) is 1.34. The van der Waals surface area contributed by atoms with Crippen LogP contribution in [0.1, 0.15) is 27.2 Å². The van der Waals surface area contributed by atoms with Crippen LogP contribution in [0.2, 0.25) is 0 Å². The van der Waals surface area contributed by atoms with Crippen LogP contribution < -0.4 is 0 Å². The number of nitrogens with zero attached hydrogens (tertiary/aromatic N) is 1. The Bertz CT molecular complexity index is 105. The predicted molar refractivity (Wildman–Crippen MR) is 44.9 cm³/mol. The van der Waals surface area contributed by atoms with Gasteiger partial charge in [-0.15, -0.1) is 0 Å². The highest BCUT2D eigenvalue weighted by Crippen LogP contribution is 2.23. The van der Waals surface area contributed by atoms with Crippen LogP contribution in [-0.2, 0) is 0 Å². The summed E-state index contributed by atoms with van der Waals surface area (Å²) in [5.41, 5.74) is 0. The second kappa shape index (κ2) is 2.91. The number of hydrogen-bond donors (Lipinski definition) is 0. The Kier molecular flexibility index (Phi) is 2.35. The Morgan fingerprint density at radius 3 is 2.10 bits per heavy atom. The summed E-state index contributed by atoms with van der Waals surface area (Å²) in [6.45, 7) is 12.5. The second-order valence-corrected chi connectivity index (χ2v) is 3.77. The molecule has 0 radical (unpaired) electrons. The van der Waals surface area contributed by atoms with Crippen molar-refractivity contribution in [1.82, 2.24) is 0 Å². The van der Waals surface area contributed by atoms with E-state index in [0.717, 1.165) is 5.92 Å². The van der Waals surface area contributed by atoms with Crippen LogP contribution in [0.3, 0.4) is 0 Å². The lowest BCUT2D eigenvalue weighted by Gasteiger charge is -2.31. The molecule has 1 saturated heterocycles. The maximum atomic E-state index is 2.38. The Labute approximate surface area is 64.6 Å². The highest BCUT2D eigenvalue weighted by molar-refractivity contribution is 4.60. The van der Waals surface area contributed by atoms with Gasteiger partial charge in [0.25, 0.3) is 0 Å². The summed E-state index contributed by atoms with van der Waals surface area (Å²) < 4.78 is 1.38. The van der Waals surface area contributed by atoms with Crippen LogP contribution in [0.5, 0.6) is 0 Å². The van der Waals surface area contributed by atoms with Crippen LogP contribution in [0.4, 0.5) is 0 Å². The molecule has 0 spiro atoms. The van der Waals surface area contributed by atoms with Gasteiger partial charge in [0.2, 0.25) is 0 Å². The molecule has 1 heteroatoms. The van der Waals surface area contributed by atoms with Crippen molar-refractivity contribution in [3.05, 3.63) is 0 Å². The molecule has 0 saturated carbocycles. The van der Waals surface area contributed by atoms with Gasteiger partial charge in [0.05, 0.1) is 26.2 Å². The van der Waals surface area contributed by atoms with Gasteiger partial charge in [-0.3, -0.25) is 0 Å². The van der Waals surface area contributed by atoms with Crippen LogP contribution in [0.25, 0.3) is 0 Å². The quantitative estimate of drug-likeness (QED) is 0.516. The molecule has 1 rings (SSSR count). The van der Waals surface area contributed by atoms with E-state index in [4.69, 9.17) is 0 Å². The van der Waals surface area contributed by atoms with Gasteiger partial charge in [0.1, 0.15) is 0 Å². The van der Waals surface area contributed by atoms with Gasteiger partial charge in [-0.05, 0) is 13.8 Å². The Balaban J connectivity index is 2.51. The van der Waals surface area contributed by atoms with E-state index in [0.29, 0.717) is 0 Å². The molecule has 0 bridgehead atoms. The molecule has 60 valence electrons. The molecule has 0 aromatic carbocycles. The molecule has 1 aliphatic rings. The predicted octanol–water partition coefficient (Wildman–Crippen LogP) is 1.88. The number of rotatable bonds is 2. The van der Waals surface area contributed by atoms with Gasteiger partial charge in [0, 0.05) is 12.3 Å². The maximum Gasteiger partial charge on any atom is 0.0814 e. The van der Waals surface area contributed by atoms with Crippen molar-refractivity contribution < 1.29 is 4.48 Å². The van der Waals surface area contributed by atoms with E-state index in [2.05, 4.69) is 20.8 Å². The highest BCUT2D eigenvalue weighted by atomic mass is 15.4. The van der Waals surface area contributed by atoms with Crippen LogP contribution >= 0.6 is 0 Å². The zero-order valence-electron chi connectivity index (χ0n) is 7.56. The van der Waals surface area contributed by atoms with Gasteiger partial charge in [-0.2, -0.15) is 0 Å². The molecule has 1 aliphatic heterocycles. The first-order valence-corrected chi connectivity index (χ1v) is 4.57. The Hall–Kier alpha value is -0.0400. The fourth-order valence-corrected chi connectivity index (χ4v) is 2.14. The molecular weight excluding hydrogens is 122 g/mol. The van der Waals surface area contributed by atoms with Crippen molar-refractivity contribution in [2.75, 3.05) is 26.2 Å². The van der Waals surface area contributed by atoms with Gasteiger partial charge in [-0.1, -0.05) is 6.92 Å². The van der Waals surface area contributed by atoms with E-state index in [1.807, 2.05) is 0 Å². The molecule has 0 aliphatic carbocycles. The number of quaternary nitrogens is 1.